The average Bonchev–Trinajstić information content (AvgIpc) is 3.47. The zero-order valence-corrected chi connectivity index (χ0v) is 19.3. The number of carbonyl (C=O) groups excluding carboxylic acids is 1. The zero-order valence-electron chi connectivity index (χ0n) is 18.5. The minimum absolute atomic E-state index is 0.0518. The Morgan fingerprint density at radius 2 is 2.03 bits per heavy atom. The third-order valence-corrected chi connectivity index (χ3v) is 6.98. The van der Waals surface area contributed by atoms with Crippen LogP contribution in [0.3, 0.4) is 0 Å². The molecule has 2 aromatic carbocycles. The Morgan fingerprint density at radius 1 is 1.21 bits per heavy atom. The molecule has 174 valence electrons. The lowest BCUT2D eigenvalue weighted by atomic mass is 10.2. The van der Waals surface area contributed by atoms with E-state index in [4.69, 9.17) is 11.6 Å². The van der Waals surface area contributed by atoms with E-state index in [-0.39, 0.29) is 22.9 Å². The molecule has 3 aliphatic heterocycles. The summed E-state index contributed by atoms with van der Waals surface area (Å²) in [7, 11) is 1.79. The maximum atomic E-state index is 14.4. The number of hydrogen-bond acceptors (Lipinski definition) is 7. The Bertz CT molecular complexity index is 1250. The van der Waals surface area contributed by atoms with Gasteiger partial charge in [-0.1, -0.05) is 17.7 Å². The first-order valence-electron chi connectivity index (χ1n) is 11.2. The molecule has 10 heteroatoms. The third kappa shape index (κ3) is 3.52. The molecule has 2 fully saturated rings. The van der Waals surface area contributed by atoms with Crippen molar-refractivity contribution in [2.75, 3.05) is 46.8 Å². The highest BCUT2D eigenvalue weighted by molar-refractivity contribution is 6.34. The van der Waals surface area contributed by atoms with Crippen molar-refractivity contribution in [1.82, 2.24) is 15.3 Å². The minimum atomic E-state index is -0.557. The molecule has 0 spiro atoms. The highest BCUT2D eigenvalue weighted by atomic mass is 35.5. The van der Waals surface area contributed by atoms with Crippen LogP contribution < -0.4 is 25.3 Å². The van der Waals surface area contributed by atoms with Crippen LogP contribution in [0.2, 0.25) is 5.02 Å². The monoisotopic (exact) mass is 479 g/mol. The average molecular weight is 480 g/mol. The summed E-state index contributed by atoms with van der Waals surface area (Å²) in [6.07, 6.45) is 2.67. The lowest BCUT2D eigenvalue weighted by Gasteiger charge is -2.35. The van der Waals surface area contributed by atoms with Gasteiger partial charge < -0.3 is 20.4 Å². The summed E-state index contributed by atoms with van der Waals surface area (Å²) in [5, 5.41) is 6.91. The Hall–Kier alpha value is -3.43. The number of hydrogen-bond donors (Lipinski definition) is 2. The second-order valence-electron chi connectivity index (χ2n) is 8.89. The van der Waals surface area contributed by atoms with Crippen molar-refractivity contribution in [2.24, 2.45) is 0 Å². The summed E-state index contributed by atoms with van der Waals surface area (Å²) < 4.78 is 14.4. The molecule has 0 saturated carbocycles. The van der Waals surface area contributed by atoms with Crippen molar-refractivity contribution in [3.05, 3.63) is 65.1 Å². The number of piperazine rings is 1. The fraction of sp³-hybridized carbons (Fsp3) is 0.292. The van der Waals surface area contributed by atoms with Crippen LogP contribution in [0, 0.1) is 5.82 Å². The van der Waals surface area contributed by atoms with E-state index in [9.17, 15) is 9.18 Å². The molecule has 3 aliphatic rings. The van der Waals surface area contributed by atoms with Gasteiger partial charge in [-0.25, -0.2) is 9.37 Å². The number of amides is 1. The van der Waals surface area contributed by atoms with Crippen LogP contribution in [-0.2, 0) is 0 Å². The van der Waals surface area contributed by atoms with E-state index >= 15 is 0 Å². The lowest BCUT2D eigenvalue weighted by molar-refractivity contribution is 0.0981. The number of benzene rings is 2. The standard InChI is InChI=1S/C24H23ClFN7O/c1-31-13-33(21-19(25)3-2-4-20(21)26)23(34)18-11-28-24(30-22(18)31)29-14-5-7-16(8-6-14)32-12-15-9-17(32)10-27-15/h2-8,11,15,17,27H,9-10,12-13H2,1H3,(H,28,29,30)/t15-,17-/m0/s1. The van der Waals surface area contributed by atoms with E-state index < -0.39 is 11.7 Å². The van der Waals surface area contributed by atoms with Crippen LogP contribution in [0.25, 0.3) is 0 Å². The molecule has 0 aliphatic carbocycles. The van der Waals surface area contributed by atoms with Gasteiger partial charge in [0.1, 0.15) is 22.9 Å². The Morgan fingerprint density at radius 3 is 2.74 bits per heavy atom. The van der Waals surface area contributed by atoms with Crippen LogP contribution in [0.5, 0.6) is 0 Å². The molecule has 1 aromatic heterocycles. The highest BCUT2D eigenvalue weighted by Crippen LogP contribution is 2.35. The van der Waals surface area contributed by atoms with Crippen molar-refractivity contribution in [3.63, 3.8) is 0 Å². The van der Waals surface area contributed by atoms with Gasteiger partial charge in [-0.2, -0.15) is 4.98 Å². The minimum Gasteiger partial charge on any atom is -0.366 e. The number of nitrogens with zero attached hydrogens (tertiary/aromatic N) is 5. The number of para-hydroxylation sites is 1. The highest BCUT2D eigenvalue weighted by Gasteiger charge is 2.37. The molecule has 3 aromatic rings. The van der Waals surface area contributed by atoms with Crippen LogP contribution in [0.1, 0.15) is 16.8 Å². The number of anilines is 5. The molecule has 34 heavy (non-hydrogen) atoms. The smallest absolute Gasteiger partial charge is 0.265 e. The quantitative estimate of drug-likeness (QED) is 0.592. The van der Waals surface area contributed by atoms with Crippen molar-refractivity contribution in [3.8, 4) is 0 Å². The number of carbonyl (C=O) groups is 1. The van der Waals surface area contributed by atoms with Gasteiger partial charge >= 0.3 is 0 Å². The molecule has 1 amide bonds. The molecule has 2 N–H and O–H groups in total. The van der Waals surface area contributed by atoms with E-state index in [1.165, 1.54) is 35.3 Å². The molecular weight excluding hydrogens is 457 g/mol. The number of fused-ring (bicyclic) bond motifs is 3. The molecule has 2 atom stereocenters. The Balaban J connectivity index is 1.22. The van der Waals surface area contributed by atoms with E-state index in [0.29, 0.717) is 23.8 Å². The zero-order chi connectivity index (χ0) is 23.4. The predicted molar refractivity (Wildman–Crippen MR) is 131 cm³/mol. The summed E-state index contributed by atoms with van der Waals surface area (Å²) in [5.74, 6) is -0.0971. The van der Waals surface area contributed by atoms with Crippen molar-refractivity contribution >= 4 is 46.3 Å². The molecule has 0 radical (unpaired) electrons. The van der Waals surface area contributed by atoms with Gasteiger partial charge in [0.05, 0.1) is 11.7 Å². The summed E-state index contributed by atoms with van der Waals surface area (Å²) in [6.45, 7) is 2.20. The van der Waals surface area contributed by atoms with Crippen LogP contribution in [0.15, 0.2) is 48.7 Å². The van der Waals surface area contributed by atoms with Crippen molar-refractivity contribution in [2.45, 2.75) is 18.5 Å². The topological polar surface area (TPSA) is 76.6 Å². The lowest BCUT2D eigenvalue weighted by Crippen LogP contribution is -2.46. The fourth-order valence-corrected chi connectivity index (χ4v) is 5.29. The van der Waals surface area contributed by atoms with Crippen molar-refractivity contribution < 1.29 is 9.18 Å². The second kappa shape index (κ2) is 8.11. The van der Waals surface area contributed by atoms with Crippen LogP contribution in [0.4, 0.5) is 33.2 Å². The van der Waals surface area contributed by atoms with E-state index in [1.54, 1.807) is 18.0 Å². The maximum Gasteiger partial charge on any atom is 0.265 e. The first-order valence-corrected chi connectivity index (χ1v) is 11.6. The van der Waals surface area contributed by atoms with Gasteiger partial charge in [0.25, 0.3) is 5.91 Å². The van der Waals surface area contributed by atoms with E-state index in [2.05, 4.69) is 37.6 Å². The molecule has 2 saturated heterocycles. The van der Waals surface area contributed by atoms with Gasteiger partial charge in [-0.05, 0) is 42.8 Å². The van der Waals surface area contributed by atoms with Gasteiger partial charge in [-0.3, -0.25) is 9.69 Å². The molecule has 2 bridgehead atoms. The summed E-state index contributed by atoms with van der Waals surface area (Å²) >= 11 is 6.19. The van der Waals surface area contributed by atoms with Gasteiger partial charge in [-0.15, -0.1) is 0 Å². The van der Waals surface area contributed by atoms with E-state index in [1.807, 2.05) is 12.1 Å². The fourth-order valence-electron chi connectivity index (χ4n) is 5.03. The van der Waals surface area contributed by atoms with Gasteiger partial charge in [0.2, 0.25) is 5.95 Å². The van der Waals surface area contributed by atoms with Gasteiger partial charge in [0.15, 0.2) is 0 Å². The second-order valence-corrected chi connectivity index (χ2v) is 9.30. The predicted octanol–water partition coefficient (Wildman–Crippen LogP) is 3.62. The van der Waals surface area contributed by atoms with Crippen LogP contribution in [-0.4, -0.2) is 54.8 Å². The number of aromatic nitrogens is 2. The molecule has 8 nitrogen and oxygen atoms in total. The first kappa shape index (κ1) is 21.1. The van der Waals surface area contributed by atoms with E-state index in [0.717, 1.165) is 18.8 Å². The first-order chi connectivity index (χ1) is 16.5. The molecule has 0 unspecified atom stereocenters. The normalized spacial score (nSPS) is 21.3. The summed E-state index contributed by atoms with van der Waals surface area (Å²) in [5.41, 5.74) is 2.40. The number of nitrogens with one attached hydrogen (secondary N) is 2. The number of halogens is 2. The SMILES string of the molecule is CN1CN(c2c(F)cccc2Cl)C(=O)c2cnc(Nc3ccc(N4C[C@@H]5C[C@H]4CN5)cc3)nc21. The summed E-state index contributed by atoms with van der Waals surface area (Å²) in [4.78, 5) is 27.5. The molecule has 6 rings (SSSR count). The molecule has 4 heterocycles. The Labute approximate surface area is 201 Å². The van der Waals surface area contributed by atoms with Crippen molar-refractivity contribution in [1.29, 1.82) is 0 Å². The maximum absolute atomic E-state index is 14.4. The van der Waals surface area contributed by atoms with Gasteiger partial charge in [0, 0.05) is 49.8 Å². The third-order valence-electron chi connectivity index (χ3n) is 6.68. The largest absolute Gasteiger partial charge is 0.366 e. The summed E-state index contributed by atoms with van der Waals surface area (Å²) in [6, 6.07) is 13.7. The molecular formula is C24H23ClFN7O. The Kier molecular flexibility index (Phi) is 5.04. The number of rotatable bonds is 4. The van der Waals surface area contributed by atoms with Crippen LogP contribution >= 0.6 is 11.6 Å².